The fraction of sp³-hybridized carbons (Fsp3) is 0.320. The van der Waals surface area contributed by atoms with Gasteiger partial charge in [0, 0.05) is 46.9 Å². The standard InChI is InChI=1S/C25H24ClFN2O3/c1-14-20(24(31)32-13-15-6-5-9-28-12-15)21(16-7-4-8-17(26)23(16)27)22-18(29-14)10-25(2,3)11-19(22)30/h4-9,12,21,29H,10-11,13H2,1-3H3. The van der Waals surface area contributed by atoms with E-state index in [0.29, 0.717) is 24.1 Å². The van der Waals surface area contributed by atoms with E-state index in [9.17, 15) is 9.59 Å². The molecule has 1 aromatic heterocycles. The number of halogens is 2. The second-order valence-electron chi connectivity index (χ2n) is 9.01. The van der Waals surface area contributed by atoms with Crippen molar-refractivity contribution in [1.82, 2.24) is 10.3 Å². The predicted molar refractivity (Wildman–Crippen MR) is 119 cm³/mol. The van der Waals surface area contributed by atoms with E-state index in [1.54, 1.807) is 43.6 Å². The van der Waals surface area contributed by atoms with Crippen molar-refractivity contribution in [1.29, 1.82) is 0 Å². The fourth-order valence-corrected chi connectivity index (χ4v) is 4.65. The molecule has 32 heavy (non-hydrogen) atoms. The van der Waals surface area contributed by atoms with Crippen LogP contribution in [0.2, 0.25) is 5.02 Å². The van der Waals surface area contributed by atoms with Crippen LogP contribution in [0.4, 0.5) is 4.39 Å². The molecule has 5 nitrogen and oxygen atoms in total. The number of aromatic nitrogens is 1. The molecule has 4 rings (SSSR count). The zero-order valence-electron chi connectivity index (χ0n) is 18.2. The number of Topliss-reactive ketones (excluding diaryl/α,β-unsaturated/α-hetero) is 1. The molecule has 2 aliphatic rings. The average molecular weight is 455 g/mol. The van der Waals surface area contributed by atoms with Crippen molar-refractivity contribution in [3.8, 4) is 0 Å². The number of carbonyl (C=O) groups excluding carboxylic acids is 2. The lowest BCUT2D eigenvalue weighted by atomic mass is 9.68. The summed E-state index contributed by atoms with van der Waals surface area (Å²) in [7, 11) is 0. The van der Waals surface area contributed by atoms with Gasteiger partial charge in [0.15, 0.2) is 5.78 Å². The molecule has 0 bridgehead atoms. The summed E-state index contributed by atoms with van der Waals surface area (Å²) in [5.74, 6) is -2.27. The molecule has 1 aliphatic carbocycles. The van der Waals surface area contributed by atoms with Gasteiger partial charge >= 0.3 is 5.97 Å². The molecule has 2 aromatic rings. The Morgan fingerprint density at radius 3 is 2.78 bits per heavy atom. The van der Waals surface area contributed by atoms with E-state index in [2.05, 4.69) is 10.3 Å². The first-order chi connectivity index (χ1) is 15.2. The smallest absolute Gasteiger partial charge is 0.337 e. The number of ether oxygens (including phenoxy) is 1. The number of hydrogen-bond donors (Lipinski definition) is 1. The van der Waals surface area contributed by atoms with Gasteiger partial charge in [-0.1, -0.05) is 43.6 Å². The Kier molecular flexibility index (Phi) is 5.91. The van der Waals surface area contributed by atoms with Crippen LogP contribution < -0.4 is 5.32 Å². The van der Waals surface area contributed by atoms with Gasteiger partial charge in [0.25, 0.3) is 0 Å². The molecule has 1 aromatic carbocycles. The Hall–Kier alpha value is -2.99. The van der Waals surface area contributed by atoms with Crippen LogP contribution in [-0.2, 0) is 20.9 Å². The molecule has 7 heteroatoms. The third-order valence-electron chi connectivity index (χ3n) is 5.84. The van der Waals surface area contributed by atoms with Gasteiger partial charge in [0.2, 0.25) is 0 Å². The SMILES string of the molecule is CC1=C(C(=O)OCc2cccnc2)C(c2cccc(Cl)c2F)C2=C(CC(C)(C)CC2=O)N1. The second-order valence-corrected chi connectivity index (χ2v) is 9.42. The lowest BCUT2D eigenvalue weighted by molar-refractivity contribution is -0.140. The van der Waals surface area contributed by atoms with E-state index in [1.807, 2.05) is 13.8 Å². The average Bonchev–Trinajstić information content (AvgIpc) is 2.73. The van der Waals surface area contributed by atoms with Gasteiger partial charge in [-0.15, -0.1) is 0 Å². The highest BCUT2D eigenvalue weighted by molar-refractivity contribution is 6.30. The number of hydrogen-bond acceptors (Lipinski definition) is 5. The minimum absolute atomic E-state index is 0.0150. The minimum Gasteiger partial charge on any atom is -0.457 e. The van der Waals surface area contributed by atoms with Crippen molar-refractivity contribution >= 4 is 23.4 Å². The molecule has 2 heterocycles. The summed E-state index contributed by atoms with van der Waals surface area (Å²) in [6.07, 6.45) is 4.16. The third kappa shape index (κ3) is 4.19. The number of nitrogens with zero attached hydrogens (tertiary/aromatic N) is 1. The summed E-state index contributed by atoms with van der Waals surface area (Å²) in [5, 5.41) is 3.17. The number of pyridine rings is 1. The molecule has 1 unspecified atom stereocenters. The zero-order valence-corrected chi connectivity index (χ0v) is 18.9. The van der Waals surface area contributed by atoms with Crippen LogP contribution in [-0.4, -0.2) is 16.7 Å². The third-order valence-corrected chi connectivity index (χ3v) is 6.14. The first-order valence-electron chi connectivity index (χ1n) is 10.4. The number of nitrogens with one attached hydrogen (secondary N) is 1. The maximum absolute atomic E-state index is 15.2. The number of ketones is 1. The zero-order chi connectivity index (χ0) is 23.0. The normalized spacial score (nSPS) is 20.0. The molecular weight excluding hydrogens is 431 g/mol. The number of dihydropyridines is 1. The van der Waals surface area contributed by atoms with Gasteiger partial charge in [-0.05, 0) is 30.9 Å². The summed E-state index contributed by atoms with van der Waals surface area (Å²) in [5.41, 5.74) is 2.55. The van der Waals surface area contributed by atoms with Crippen molar-refractivity contribution in [3.63, 3.8) is 0 Å². The summed E-state index contributed by atoms with van der Waals surface area (Å²) >= 11 is 6.06. The Labute approximate surface area is 191 Å². The van der Waals surface area contributed by atoms with Crippen LogP contribution in [0.15, 0.2) is 65.3 Å². The van der Waals surface area contributed by atoms with Crippen molar-refractivity contribution in [2.75, 3.05) is 0 Å². The van der Waals surface area contributed by atoms with Crippen LogP contribution in [0.1, 0.15) is 50.7 Å². The largest absolute Gasteiger partial charge is 0.457 e. The monoisotopic (exact) mass is 454 g/mol. The summed E-state index contributed by atoms with van der Waals surface area (Å²) in [6.45, 7) is 5.79. The summed E-state index contributed by atoms with van der Waals surface area (Å²) < 4.78 is 20.7. The first-order valence-corrected chi connectivity index (χ1v) is 10.8. The van der Waals surface area contributed by atoms with E-state index in [1.165, 1.54) is 6.07 Å². The number of rotatable bonds is 4. The van der Waals surface area contributed by atoms with Gasteiger partial charge in [-0.3, -0.25) is 9.78 Å². The molecule has 0 saturated heterocycles. The topological polar surface area (TPSA) is 68.3 Å². The second kappa shape index (κ2) is 8.51. The first kappa shape index (κ1) is 22.2. The maximum atomic E-state index is 15.2. The van der Waals surface area contributed by atoms with Crippen LogP contribution in [0.3, 0.4) is 0 Å². The molecule has 0 fully saturated rings. The van der Waals surface area contributed by atoms with Crippen molar-refractivity contribution in [3.05, 3.63) is 87.2 Å². The maximum Gasteiger partial charge on any atom is 0.337 e. The molecule has 1 N–H and O–H groups in total. The molecule has 0 spiro atoms. The van der Waals surface area contributed by atoms with E-state index >= 15 is 4.39 Å². The molecule has 1 aliphatic heterocycles. The van der Waals surface area contributed by atoms with E-state index in [4.69, 9.17) is 16.3 Å². The molecule has 1 atom stereocenters. The number of carbonyl (C=O) groups is 2. The lowest BCUT2D eigenvalue weighted by Gasteiger charge is -2.39. The van der Waals surface area contributed by atoms with Crippen LogP contribution in [0.5, 0.6) is 0 Å². The molecule has 0 saturated carbocycles. The summed E-state index contributed by atoms with van der Waals surface area (Å²) in [4.78, 5) is 30.5. The summed E-state index contributed by atoms with van der Waals surface area (Å²) in [6, 6.07) is 8.17. The highest BCUT2D eigenvalue weighted by Gasteiger charge is 2.44. The lowest BCUT2D eigenvalue weighted by Crippen LogP contribution is -2.39. The van der Waals surface area contributed by atoms with E-state index in [-0.39, 0.29) is 34.0 Å². The van der Waals surface area contributed by atoms with E-state index in [0.717, 1.165) is 11.3 Å². The van der Waals surface area contributed by atoms with Crippen molar-refractivity contribution in [2.24, 2.45) is 5.41 Å². The van der Waals surface area contributed by atoms with Crippen molar-refractivity contribution < 1.29 is 18.7 Å². The van der Waals surface area contributed by atoms with Gasteiger partial charge in [0.05, 0.1) is 16.5 Å². The number of benzene rings is 1. The van der Waals surface area contributed by atoms with Crippen molar-refractivity contribution in [2.45, 2.75) is 46.1 Å². The highest BCUT2D eigenvalue weighted by Crippen LogP contribution is 2.47. The van der Waals surface area contributed by atoms with Crippen LogP contribution in [0, 0.1) is 11.2 Å². The molecule has 166 valence electrons. The Balaban J connectivity index is 1.78. The quantitative estimate of drug-likeness (QED) is 0.641. The van der Waals surface area contributed by atoms with Gasteiger partial charge in [-0.2, -0.15) is 0 Å². The Morgan fingerprint density at radius 2 is 2.06 bits per heavy atom. The number of allylic oxidation sites excluding steroid dienone is 3. The Morgan fingerprint density at radius 1 is 1.28 bits per heavy atom. The van der Waals surface area contributed by atoms with Gasteiger partial charge in [0.1, 0.15) is 12.4 Å². The van der Waals surface area contributed by atoms with Gasteiger partial charge in [-0.25, -0.2) is 9.18 Å². The molecule has 0 radical (unpaired) electrons. The van der Waals surface area contributed by atoms with E-state index < -0.39 is 17.7 Å². The predicted octanol–water partition coefficient (Wildman–Crippen LogP) is 5.22. The van der Waals surface area contributed by atoms with Gasteiger partial charge < -0.3 is 10.1 Å². The highest BCUT2D eigenvalue weighted by atomic mass is 35.5. The van der Waals surface area contributed by atoms with Crippen LogP contribution in [0.25, 0.3) is 0 Å². The fourth-order valence-electron chi connectivity index (χ4n) is 4.47. The Bertz CT molecular complexity index is 1160. The van der Waals surface area contributed by atoms with Crippen LogP contribution >= 0.6 is 11.6 Å². The molecule has 0 amide bonds. The molecular formula is C25H24ClFN2O3. The minimum atomic E-state index is -0.894. The number of esters is 1.